The molecule has 0 bridgehead atoms. The normalized spacial score (nSPS) is 16.4. The molecule has 0 rings (SSSR count). The number of hydrazine groups is 2. The number of nitrogens with one attached hydrogen (secondary N) is 2. The van der Waals surface area contributed by atoms with Gasteiger partial charge in [0.15, 0.2) is 21.6 Å². The van der Waals surface area contributed by atoms with Crippen molar-refractivity contribution < 1.29 is 0 Å². The molecule has 8 nitrogen and oxygen atoms in total. The van der Waals surface area contributed by atoms with E-state index < -0.39 is 11.3 Å². The van der Waals surface area contributed by atoms with Crippen LogP contribution in [0.5, 0.6) is 0 Å². The van der Waals surface area contributed by atoms with Crippen molar-refractivity contribution in [3.8, 4) is 0 Å². The number of nitrogens with zero attached hydrogens (tertiary/aromatic N) is 4. The van der Waals surface area contributed by atoms with Crippen molar-refractivity contribution in [1.29, 1.82) is 0 Å². The van der Waals surface area contributed by atoms with Crippen LogP contribution in [-0.2, 0) is 0 Å². The highest BCUT2D eigenvalue weighted by Crippen LogP contribution is 2.38. The summed E-state index contributed by atoms with van der Waals surface area (Å²) in [5, 5.41) is 11.1. The molecule has 200 valence electrons. The van der Waals surface area contributed by atoms with Crippen LogP contribution in [0.15, 0.2) is 10.2 Å². The lowest BCUT2D eigenvalue weighted by molar-refractivity contribution is 0.0339. The van der Waals surface area contributed by atoms with E-state index in [0.717, 1.165) is 25.7 Å². The first-order chi connectivity index (χ1) is 15.4. The van der Waals surface area contributed by atoms with E-state index in [-0.39, 0.29) is 11.1 Å². The van der Waals surface area contributed by atoms with Gasteiger partial charge >= 0.3 is 0 Å². The number of nitrogens with two attached hydrogens (primary N) is 2. The van der Waals surface area contributed by atoms with Gasteiger partial charge in [-0.05, 0) is 103 Å². The van der Waals surface area contributed by atoms with Gasteiger partial charge in [0.1, 0.15) is 0 Å². The minimum absolute atomic E-state index is 0.295. The third kappa shape index (κ3) is 8.24. The van der Waals surface area contributed by atoms with E-state index in [1.165, 1.54) is 0 Å². The first-order valence-electron chi connectivity index (χ1n) is 12.4. The molecule has 0 fully saturated rings. The first-order valence-corrected chi connectivity index (χ1v) is 13.2. The topological polar surface area (TPSA) is 107 Å². The van der Waals surface area contributed by atoms with Gasteiger partial charge in [-0.3, -0.25) is 0 Å². The summed E-state index contributed by atoms with van der Waals surface area (Å²) in [6, 6.07) is 0. The van der Waals surface area contributed by atoms with Crippen LogP contribution < -0.4 is 22.5 Å². The summed E-state index contributed by atoms with van der Waals surface area (Å²) in [6.45, 7) is 25.8. The lowest BCUT2D eigenvalue weighted by atomic mass is 9.90. The zero-order valence-corrected chi connectivity index (χ0v) is 25.4. The van der Waals surface area contributed by atoms with Gasteiger partial charge in [-0.2, -0.15) is 10.2 Å². The molecule has 0 aromatic carbocycles. The maximum absolute atomic E-state index is 5.83. The number of thiocarbonyl (C=S) groups is 2. The lowest BCUT2D eigenvalue weighted by Gasteiger charge is -2.51. The van der Waals surface area contributed by atoms with Crippen LogP contribution in [0.1, 0.15) is 109 Å². The molecule has 34 heavy (non-hydrogen) atoms. The molecule has 0 amide bonds. The van der Waals surface area contributed by atoms with Crippen molar-refractivity contribution >= 4 is 34.7 Å². The molecule has 0 heterocycles. The Morgan fingerprint density at radius 3 is 1.15 bits per heavy atom. The van der Waals surface area contributed by atoms with Gasteiger partial charge in [0.05, 0.1) is 0 Å². The van der Waals surface area contributed by atoms with Crippen LogP contribution in [0.4, 0.5) is 0 Å². The number of azo groups is 1. The van der Waals surface area contributed by atoms with Crippen molar-refractivity contribution in [2.75, 3.05) is 0 Å². The number of rotatable bonds is 12. The fourth-order valence-electron chi connectivity index (χ4n) is 4.85. The largest absolute Gasteiger partial charge is 0.317 e. The SMILES string of the molecule is CCC(C)(C)N(C(=S)NN)C(C)(CC(C)C)N=NC(C)(CC(C)C)N(C(=S)NN)C(C)(C)CC. The van der Waals surface area contributed by atoms with E-state index >= 15 is 0 Å². The van der Waals surface area contributed by atoms with Gasteiger partial charge in [0, 0.05) is 11.1 Å². The molecule has 0 saturated carbocycles. The fourth-order valence-corrected chi connectivity index (χ4v) is 5.74. The highest BCUT2D eigenvalue weighted by Gasteiger charge is 2.46. The van der Waals surface area contributed by atoms with Gasteiger partial charge < -0.3 is 20.7 Å². The van der Waals surface area contributed by atoms with E-state index in [1.54, 1.807) is 0 Å². The van der Waals surface area contributed by atoms with E-state index in [4.69, 9.17) is 46.3 Å². The quantitative estimate of drug-likeness (QED) is 0.118. The zero-order chi connectivity index (χ0) is 27.1. The second-order valence-corrected chi connectivity index (χ2v) is 12.5. The Morgan fingerprint density at radius 2 is 0.971 bits per heavy atom. The average Bonchev–Trinajstić information content (AvgIpc) is 2.70. The molecule has 6 N–H and O–H groups in total. The molecule has 0 aliphatic carbocycles. The van der Waals surface area contributed by atoms with Gasteiger partial charge in [-0.15, -0.1) is 0 Å². The molecule has 10 heteroatoms. The van der Waals surface area contributed by atoms with Crippen LogP contribution in [0, 0.1) is 11.8 Å². The first kappa shape index (κ1) is 32.9. The minimum Gasteiger partial charge on any atom is -0.317 e. The molecule has 0 spiro atoms. The lowest BCUT2D eigenvalue weighted by Crippen LogP contribution is -2.64. The summed E-state index contributed by atoms with van der Waals surface area (Å²) in [6.07, 6.45) is 3.21. The number of hydrogen-bond donors (Lipinski definition) is 4. The van der Waals surface area contributed by atoms with Crippen molar-refractivity contribution in [2.24, 2.45) is 33.7 Å². The average molecular weight is 517 g/mol. The highest BCUT2D eigenvalue weighted by molar-refractivity contribution is 7.80. The summed E-state index contributed by atoms with van der Waals surface area (Å²) in [4.78, 5) is 4.20. The Bertz CT molecular complexity index is 649. The Hall–Kier alpha value is -1.10. The fraction of sp³-hybridized carbons (Fsp3) is 0.917. The standard InChI is InChI=1S/C24H52N8S2/c1-13-21(7,8)31(19(33)27-25)23(11,15-17(3)4)29-30-24(12,16-18(5)6)32(20(34)28-26)22(9,10)14-2/h17-18H,13-16,25-26H2,1-12H3,(H,27,33)(H,28,34). The summed E-state index contributed by atoms with van der Waals surface area (Å²) in [5.74, 6) is 12.4. The van der Waals surface area contributed by atoms with E-state index in [2.05, 4.69) is 104 Å². The van der Waals surface area contributed by atoms with Gasteiger partial charge in [-0.1, -0.05) is 41.5 Å². The van der Waals surface area contributed by atoms with Gasteiger partial charge in [0.25, 0.3) is 0 Å². The van der Waals surface area contributed by atoms with E-state index in [0.29, 0.717) is 22.1 Å². The summed E-state index contributed by atoms with van der Waals surface area (Å²) in [7, 11) is 0. The summed E-state index contributed by atoms with van der Waals surface area (Å²) < 4.78 is 0. The van der Waals surface area contributed by atoms with Crippen LogP contribution in [-0.4, -0.2) is 42.4 Å². The molecule has 2 unspecified atom stereocenters. The maximum atomic E-state index is 5.83. The highest BCUT2D eigenvalue weighted by atomic mass is 32.1. The van der Waals surface area contributed by atoms with Crippen LogP contribution in [0.2, 0.25) is 0 Å². The Kier molecular flexibility index (Phi) is 12.3. The second-order valence-electron chi connectivity index (χ2n) is 11.7. The van der Waals surface area contributed by atoms with Crippen molar-refractivity contribution in [1.82, 2.24) is 20.7 Å². The molecule has 0 saturated heterocycles. The third-order valence-electron chi connectivity index (χ3n) is 6.63. The van der Waals surface area contributed by atoms with Gasteiger partial charge in [-0.25, -0.2) is 11.7 Å². The maximum Gasteiger partial charge on any atom is 0.185 e. The van der Waals surface area contributed by atoms with E-state index in [9.17, 15) is 0 Å². The molecule has 2 atom stereocenters. The van der Waals surface area contributed by atoms with Crippen LogP contribution >= 0.6 is 24.4 Å². The smallest absolute Gasteiger partial charge is 0.185 e. The molecular weight excluding hydrogens is 464 g/mol. The van der Waals surface area contributed by atoms with Crippen molar-refractivity contribution in [3.63, 3.8) is 0 Å². The van der Waals surface area contributed by atoms with Crippen LogP contribution in [0.3, 0.4) is 0 Å². The number of hydrogen-bond acceptors (Lipinski definition) is 6. The molecular formula is C24H52N8S2. The summed E-state index contributed by atoms with van der Waals surface area (Å²) >= 11 is 11.4. The molecule has 0 radical (unpaired) electrons. The monoisotopic (exact) mass is 516 g/mol. The van der Waals surface area contributed by atoms with E-state index in [1.807, 2.05) is 0 Å². The van der Waals surface area contributed by atoms with Gasteiger partial charge in [0.2, 0.25) is 0 Å². The predicted octanol–water partition coefficient (Wildman–Crippen LogP) is 5.44. The molecule has 0 aromatic heterocycles. The van der Waals surface area contributed by atoms with Crippen molar-refractivity contribution in [2.45, 2.75) is 131 Å². The Balaban J connectivity index is 7.04. The van der Waals surface area contributed by atoms with Crippen molar-refractivity contribution in [3.05, 3.63) is 0 Å². The van der Waals surface area contributed by atoms with Crippen LogP contribution in [0.25, 0.3) is 0 Å². The molecule has 0 aromatic rings. The molecule has 0 aliphatic heterocycles. The molecule has 0 aliphatic rings. The minimum atomic E-state index is -0.727. The predicted molar refractivity (Wildman–Crippen MR) is 153 cm³/mol. The third-order valence-corrected chi connectivity index (χ3v) is 7.23. The Morgan fingerprint density at radius 1 is 0.706 bits per heavy atom. The zero-order valence-electron chi connectivity index (χ0n) is 23.7. The summed E-state index contributed by atoms with van der Waals surface area (Å²) in [5.41, 5.74) is 3.35. The second kappa shape index (κ2) is 12.7. The Labute approximate surface area is 220 Å².